The van der Waals surface area contributed by atoms with Gasteiger partial charge in [-0.25, -0.2) is 12.8 Å². The molecule has 190 valence electrons. The van der Waals surface area contributed by atoms with E-state index in [1.807, 2.05) is 13.8 Å². The fraction of sp³-hybridized carbons (Fsp3) is 0.462. The van der Waals surface area contributed by atoms with Crippen LogP contribution in [0, 0.1) is 18.7 Å². The minimum atomic E-state index is -3.25. The van der Waals surface area contributed by atoms with Crippen LogP contribution in [0.3, 0.4) is 0 Å². The fourth-order valence-electron chi connectivity index (χ4n) is 4.23. The molecular formula is C26H34FN3O4S. The molecule has 0 aromatic heterocycles. The topological polar surface area (TPSA) is 95.6 Å². The molecule has 1 heterocycles. The molecule has 1 unspecified atom stereocenters. The second-order valence-corrected chi connectivity index (χ2v) is 12.0. The van der Waals surface area contributed by atoms with Crippen molar-refractivity contribution in [3.05, 3.63) is 59.4 Å². The van der Waals surface area contributed by atoms with E-state index in [2.05, 4.69) is 17.6 Å². The second kappa shape index (κ2) is 10.4. The second-order valence-electron chi connectivity index (χ2n) is 9.94. The lowest BCUT2D eigenvalue weighted by atomic mass is 9.88. The van der Waals surface area contributed by atoms with Gasteiger partial charge in [0.05, 0.1) is 10.5 Å². The number of aryl methyl sites for hydroxylation is 1. The molecule has 9 heteroatoms. The van der Waals surface area contributed by atoms with Crippen LogP contribution in [0.2, 0.25) is 0 Å². The number of hydrogen-bond acceptors (Lipinski definition) is 5. The number of anilines is 1. The van der Waals surface area contributed by atoms with Gasteiger partial charge in [0, 0.05) is 30.6 Å². The van der Waals surface area contributed by atoms with E-state index in [9.17, 15) is 22.4 Å². The first-order valence-corrected chi connectivity index (χ1v) is 13.6. The Hall–Kier alpha value is -2.94. The lowest BCUT2D eigenvalue weighted by molar-refractivity contribution is -0.135. The quantitative estimate of drug-likeness (QED) is 0.600. The number of likely N-dealkylation sites (tertiary alicyclic amines) is 1. The van der Waals surface area contributed by atoms with Crippen molar-refractivity contribution in [3.63, 3.8) is 0 Å². The molecule has 2 amide bonds. The standard InChI is InChI=1S/C26H34FN3O4S/c1-17(2)23(28-24(31)21-8-6-7-18(3)22(21)27)25(32)30-15-13-26(4,14-16-30)29-19-9-11-20(12-10-19)35(5,33)34/h6-12,17,23,29H,13-16H2,1-5H3,(H,28,31). The van der Waals surface area contributed by atoms with E-state index in [0.717, 1.165) is 5.69 Å². The zero-order valence-electron chi connectivity index (χ0n) is 20.9. The highest BCUT2D eigenvalue weighted by Crippen LogP contribution is 2.28. The highest BCUT2D eigenvalue weighted by molar-refractivity contribution is 7.90. The number of halogens is 1. The summed E-state index contributed by atoms with van der Waals surface area (Å²) >= 11 is 0. The Morgan fingerprint density at radius 1 is 1.06 bits per heavy atom. The summed E-state index contributed by atoms with van der Waals surface area (Å²) in [5.74, 6) is -1.52. The Morgan fingerprint density at radius 2 is 1.66 bits per heavy atom. The molecule has 0 bridgehead atoms. The van der Waals surface area contributed by atoms with Gasteiger partial charge in [-0.3, -0.25) is 9.59 Å². The molecule has 2 N–H and O–H groups in total. The van der Waals surface area contributed by atoms with Gasteiger partial charge in [0.15, 0.2) is 9.84 Å². The molecule has 1 fully saturated rings. The fourth-order valence-corrected chi connectivity index (χ4v) is 4.86. The molecule has 2 aromatic carbocycles. The normalized spacial score (nSPS) is 16.6. The zero-order valence-corrected chi connectivity index (χ0v) is 21.7. The van der Waals surface area contributed by atoms with Crippen molar-refractivity contribution < 1.29 is 22.4 Å². The van der Waals surface area contributed by atoms with E-state index in [0.29, 0.717) is 31.5 Å². The molecule has 3 rings (SSSR count). The average molecular weight is 504 g/mol. The summed E-state index contributed by atoms with van der Waals surface area (Å²) in [5, 5.41) is 6.21. The van der Waals surface area contributed by atoms with Crippen molar-refractivity contribution in [1.29, 1.82) is 0 Å². The summed E-state index contributed by atoms with van der Waals surface area (Å²) in [6, 6.07) is 10.5. The molecule has 7 nitrogen and oxygen atoms in total. The van der Waals surface area contributed by atoms with Crippen LogP contribution < -0.4 is 10.6 Å². The number of nitrogens with one attached hydrogen (secondary N) is 2. The van der Waals surface area contributed by atoms with E-state index in [1.54, 1.807) is 48.2 Å². The number of benzene rings is 2. The van der Waals surface area contributed by atoms with Gasteiger partial charge in [-0.15, -0.1) is 0 Å². The number of piperidine rings is 1. The van der Waals surface area contributed by atoms with Crippen LogP contribution in [0.15, 0.2) is 47.4 Å². The number of carbonyl (C=O) groups is 2. The van der Waals surface area contributed by atoms with Crippen LogP contribution >= 0.6 is 0 Å². The summed E-state index contributed by atoms with van der Waals surface area (Å²) in [4.78, 5) is 28.1. The van der Waals surface area contributed by atoms with E-state index in [1.165, 1.54) is 12.3 Å². The average Bonchev–Trinajstić information content (AvgIpc) is 2.78. The maximum absolute atomic E-state index is 14.4. The molecule has 1 saturated heterocycles. The largest absolute Gasteiger partial charge is 0.380 e. The number of rotatable bonds is 7. The number of nitrogens with zero attached hydrogens (tertiary/aromatic N) is 1. The lowest BCUT2D eigenvalue weighted by Gasteiger charge is -2.42. The van der Waals surface area contributed by atoms with Crippen molar-refractivity contribution in [2.24, 2.45) is 5.92 Å². The summed E-state index contributed by atoms with van der Waals surface area (Å²) < 4.78 is 37.8. The van der Waals surface area contributed by atoms with E-state index in [-0.39, 0.29) is 27.8 Å². The molecule has 1 aliphatic rings. The summed E-state index contributed by atoms with van der Waals surface area (Å²) in [6.45, 7) is 8.37. The third-order valence-corrected chi connectivity index (χ3v) is 7.69. The van der Waals surface area contributed by atoms with Crippen LogP contribution in [0.4, 0.5) is 10.1 Å². The van der Waals surface area contributed by atoms with Crippen LogP contribution in [0.5, 0.6) is 0 Å². The van der Waals surface area contributed by atoms with Gasteiger partial charge < -0.3 is 15.5 Å². The highest BCUT2D eigenvalue weighted by Gasteiger charge is 2.36. The van der Waals surface area contributed by atoms with Crippen molar-refractivity contribution in [2.45, 2.75) is 57.0 Å². The molecule has 2 aromatic rings. The van der Waals surface area contributed by atoms with E-state index >= 15 is 0 Å². The summed E-state index contributed by atoms with van der Waals surface area (Å²) in [5.41, 5.74) is 0.844. The van der Waals surface area contributed by atoms with Gasteiger partial charge in [0.25, 0.3) is 5.91 Å². The van der Waals surface area contributed by atoms with E-state index < -0.39 is 27.6 Å². The Labute approximate surface area is 207 Å². The van der Waals surface area contributed by atoms with Crippen LogP contribution in [-0.4, -0.2) is 56.1 Å². The molecular weight excluding hydrogens is 469 g/mol. The smallest absolute Gasteiger partial charge is 0.254 e. The number of amides is 2. The third kappa shape index (κ3) is 6.39. The van der Waals surface area contributed by atoms with E-state index in [4.69, 9.17) is 0 Å². The molecule has 0 saturated carbocycles. The van der Waals surface area contributed by atoms with Gasteiger partial charge in [-0.1, -0.05) is 26.0 Å². The highest BCUT2D eigenvalue weighted by atomic mass is 32.2. The Balaban J connectivity index is 1.64. The third-order valence-electron chi connectivity index (χ3n) is 6.56. The van der Waals surface area contributed by atoms with Gasteiger partial charge in [0.2, 0.25) is 5.91 Å². The Kier molecular flexibility index (Phi) is 7.89. The Bertz CT molecular complexity index is 1190. The van der Waals surface area contributed by atoms with Gasteiger partial charge in [-0.05, 0) is 68.5 Å². The predicted molar refractivity (Wildman–Crippen MR) is 135 cm³/mol. The molecule has 0 aliphatic carbocycles. The first-order valence-electron chi connectivity index (χ1n) is 11.7. The minimum absolute atomic E-state index is 0.0687. The first kappa shape index (κ1) is 26.7. The minimum Gasteiger partial charge on any atom is -0.380 e. The number of sulfone groups is 1. The molecule has 35 heavy (non-hydrogen) atoms. The number of carbonyl (C=O) groups excluding carboxylic acids is 2. The molecule has 0 spiro atoms. The first-order chi connectivity index (χ1) is 16.3. The summed E-state index contributed by atoms with van der Waals surface area (Å²) in [6.07, 6.45) is 2.53. The summed E-state index contributed by atoms with van der Waals surface area (Å²) in [7, 11) is -3.25. The van der Waals surface area contributed by atoms with Crippen molar-refractivity contribution >= 4 is 27.3 Å². The molecule has 1 atom stereocenters. The van der Waals surface area contributed by atoms with Crippen molar-refractivity contribution in [2.75, 3.05) is 24.7 Å². The molecule has 0 radical (unpaired) electrons. The van der Waals surface area contributed by atoms with Crippen molar-refractivity contribution in [1.82, 2.24) is 10.2 Å². The van der Waals surface area contributed by atoms with Crippen LogP contribution in [-0.2, 0) is 14.6 Å². The van der Waals surface area contributed by atoms with Gasteiger partial charge in [0.1, 0.15) is 11.9 Å². The number of hydrogen-bond donors (Lipinski definition) is 2. The molecule has 1 aliphatic heterocycles. The monoisotopic (exact) mass is 503 g/mol. The van der Waals surface area contributed by atoms with Gasteiger partial charge >= 0.3 is 0 Å². The maximum Gasteiger partial charge on any atom is 0.254 e. The van der Waals surface area contributed by atoms with Gasteiger partial charge in [-0.2, -0.15) is 0 Å². The zero-order chi connectivity index (χ0) is 26.0. The maximum atomic E-state index is 14.4. The SMILES string of the molecule is Cc1cccc(C(=O)NC(C(=O)N2CCC(C)(Nc3ccc(S(C)(=O)=O)cc3)CC2)C(C)C)c1F. The van der Waals surface area contributed by atoms with Crippen LogP contribution in [0.1, 0.15) is 49.5 Å². The predicted octanol–water partition coefficient (Wildman–Crippen LogP) is 3.79. The van der Waals surface area contributed by atoms with Crippen LogP contribution in [0.25, 0.3) is 0 Å². The van der Waals surface area contributed by atoms with Crippen molar-refractivity contribution in [3.8, 4) is 0 Å². The Morgan fingerprint density at radius 3 is 2.20 bits per heavy atom. The lowest BCUT2D eigenvalue weighted by Crippen LogP contribution is -2.56.